The van der Waals surface area contributed by atoms with Crippen molar-refractivity contribution >= 4 is 15.9 Å². The topological polar surface area (TPSA) is 12.0 Å². The van der Waals surface area contributed by atoms with Gasteiger partial charge in [0.05, 0.1) is 0 Å². The number of benzene rings is 1. The highest BCUT2D eigenvalue weighted by molar-refractivity contribution is 9.10. The van der Waals surface area contributed by atoms with E-state index in [1.165, 1.54) is 56.9 Å². The van der Waals surface area contributed by atoms with Crippen LogP contribution in [0.1, 0.15) is 76.8 Å². The van der Waals surface area contributed by atoms with Gasteiger partial charge in [-0.15, -0.1) is 0 Å². The summed E-state index contributed by atoms with van der Waals surface area (Å²) in [6.07, 6.45) is 10.7. The molecule has 1 unspecified atom stereocenters. The van der Waals surface area contributed by atoms with Crippen LogP contribution in [0.4, 0.5) is 0 Å². The van der Waals surface area contributed by atoms with Gasteiger partial charge < -0.3 is 5.32 Å². The van der Waals surface area contributed by atoms with Gasteiger partial charge >= 0.3 is 0 Å². The lowest BCUT2D eigenvalue weighted by Crippen LogP contribution is -2.22. The molecule has 0 radical (unpaired) electrons. The van der Waals surface area contributed by atoms with Crippen LogP contribution in [0.5, 0.6) is 0 Å². The zero-order valence-electron chi connectivity index (χ0n) is 13.1. The van der Waals surface area contributed by atoms with Crippen molar-refractivity contribution in [2.75, 3.05) is 6.54 Å². The summed E-state index contributed by atoms with van der Waals surface area (Å²) in [5, 5.41) is 3.69. The maximum absolute atomic E-state index is 3.69. The molecule has 0 bridgehead atoms. The summed E-state index contributed by atoms with van der Waals surface area (Å²) in [6.45, 7) is 5.62. The summed E-state index contributed by atoms with van der Waals surface area (Å²) in [7, 11) is 0. The average Bonchev–Trinajstić information content (AvgIpc) is 2.47. The fourth-order valence-electron chi connectivity index (χ4n) is 2.53. The molecule has 1 atom stereocenters. The van der Waals surface area contributed by atoms with Crippen LogP contribution in [0.25, 0.3) is 0 Å². The summed E-state index contributed by atoms with van der Waals surface area (Å²) >= 11 is 3.51. The molecule has 0 aliphatic carbocycles. The maximum Gasteiger partial charge on any atom is 0.0320 e. The summed E-state index contributed by atoms with van der Waals surface area (Å²) in [6, 6.07) is 9.31. The van der Waals surface area contributed by atoms with Crippen molar-refractivity contribution in [1.29, 1.82) is 0 Å². The van der Waals surface area contributed by atoms with Crippen molar-refractivity contribution in [3.05, 3.63) is 34.3 Å². The second-order valence-corrected chi connectivity index (χ2v) is 6.53. The molecule has 1 nitrogen and oxygen atoms in total. The van der Waals surface area contributed by atoms with Crippen molar-refractivity contribution < 1.29 is 0 Å². The van der Waals surface area contributed by atoms with Crippen molar-refractivity contribution in [2.24, 2.45) is 0 Å². The maximum atomic E-state index is 3.69. The van der Waals surface area contributed by atoms with Crippen LogP contribution in [0.3, 0.4) is 0 Å². The Labute approximate surface area is 133 Å². The van der Waals surface area contributed by atoms with E-state index < -0.39 is 0 Å². The number of hydrogen-bond donors (Lipinski definition) is 1. The lowest BCUT2D eigenvalue weighted by atomic mass is 9.99. The fourth-order valence-corrected chi connectivity index (χ4v) is 2.79. The first kappa shape index (κ1) is 17.7. The van der Waals surface area contributed by atoms with E-state index in [2.05, 4.69) is 59.4 Å². The second-order valence-electron chi connectivity index (χ2n) is 5.61. The Morgan fingerprint density at radius 3 is 2.20 bits per heavy atom. The molecule has 0 aromatic heterocycles. The monoisotopic (exact) mass is 339 g/mol. The van der Waals surface area contributed by atoms with E-state index in [-0.39, 0.29) is 0 Å². The zero-order valence-corrected chi connectivity index (χ0v) is 14.7. The van der Waals surface area contributed by atoms with Crippen LogP contribution >= 0.6 is 15.9 Å². The van der Waals surface area contributed by atoms with Crippen LogP contribution in [0.15, 0.2) is 28.7 Å². The third-order valence-corrected chi connectivity index (χ3v) is 4.29. The smallest absolute Gasteiger partial charge is 0.0320 e. The molecule has 0 spiro atoms. The predicted octanol–water partition coefficient (Wildman–Crippen LogP) is 6.24. The van der Waals surface area contributed by atoms with Gasteiger partial charge in [-0.3, -0.25) is 0 Å². The highest BCUT2D eigenvalue weighted by atomic mass is 79.9. The van der Waals surface area contributed by atoms with Crippen LogP contribution in [-0.2, 0) is 0 Å². The molecule has 20 heavy (non-hydrogen) atoms. The van der Waals surface area contributed by atoms with Crippen LogP contribution in [0, 0.1) is 0 Å². The van der Waals surface area contributed by atoms with Gasteiger partial charge in [0.25, 0.3) is 0 Å². The number of rotatable bonds is 11. The Bertz CT molecular complexity index is 334. The second kappa shape index (κ2) is 11.3. The molecule has 114 valence electrons. The van der Waals surface area contributed by atoms with Gasteiger partial charge in [-0.2, -0.15) is 0 Å². The number of halogens is 1. The van der Waals surface area contributed by atoms with Gasteiger partial charge in [-0.1, -0.05) is 80.4 Å². The van der Waals surface area contributed by atoms with E-state index >= 15 is 0 Å². The first-order chi connectivity index (χ1) is 9.77. The number of unbranched alkanes of at least 4 members (excludes halogenated alkanes) is 5. The summed E-state index contributed by atoms with van der Waals surface area (Å²) in [5.74, 6) is 0. The molecule has 0 amide bonds. The Morgan fingerprint density at radius 1 is 0.900 bits per heavy atom. The number of hydrogen-bond acceptors (Lipinski definition) is 1. The minimum absolute atomic E-state index is 0.522. The predicted molar refractivity (Wildman–Crippen MR) is 93.2 cm³/mol. The molecule has 0 saturated heterocycles. The minimum atomic E-state index is 0.522. The van der Waals surface area contributed by atoms with Crippen LogP contribution in [0.2, 0.25) is 0 Å². The lowest BCUT2D eigenvalue weighted by Gasteiger charge is -2.19. The van der Waals surface area contributed by atoms with Crippen LogP contribution < -0.4 is 5.32 Å². The SMILES string of the molecule is CCCCCCCCC(NCCC)c1ccc(Br)cc1. The van der Waals surface area contributed by atoms with Crippen molar-refractivity contribution in [3.8, 4) is 0 Å². The third-order valence-electron chi connectivity index (χ3n) is 3.76. The highest BCUT2D eigenvalue weighted by Gasteiger charge is 2.09. The molecule has 0 saturated carbocycles. The molecule has 0 fully saturated rings. The van der Waals surface area contributed by atoms with E-state index in [4.69, 9.17) is 0 Å². The summed E-state index contributed by atoms with van der Waals surface area (Å²) in [4.78, 5) is 0. The van der Waals surface area contributed by atoms with Crippen molar-refractivity contribution in [1.82, 2.24) is 5.32 Å². The molecule has 2 heteroatoms. The summed E-state index contributed by atoms with van der Waals surface area (Å²) in [5.41, 5.74) is 1.43. The first-order valence-corrected chi connectivity index (χ1v) is 9.06. The van der Waals surface area contributed by atoms with Gasteiger partial charge in [-0.25, -0.2) is 0 Å². The van der Waals surface area contributed by atoms with Crippen molar-refractivity contribution in [3.63, 3.8) is 0 Å². The Kier molecular flexibility index (Phi) is 10.0. The minimum Gasteiger partial charge on any atom is -0.310 e. The molecule has 1 rings (SSSR count). The van der Waals surface area contributed by atoms with Crippen LogP contribution in [-0.4, -0.2) is 6.54 Å². The van der Waals surface area contributed by atoms with Gasteiger partial charge in [0.1, 0.15) is 0 Å². The quantitative estimate of drug-likeness (QED) is 0.470. The van der Waals surface area contributed by atoms with Gasteiger partial charge in [-0.05, 0) is 37.1 Å². The molecule has 1 N–H and O–H groups in total. The average molecular weight is 340 g/mol. The Balaban J connectivity index is 2.37. The molecule has 1 aromatic carbocycles. The highest BCUT2D eigenvalue weighted by Crippen LogP contribution is 2.22. The van der Waals surface area contributed by atoms with E-state index in [0.29, 0.717) is 6.04 Å². The molecule has 0 aliphatic rings. The van der Waals surface area contributed by atoms with E-state index in [1.54, 1.807) is 0 Å². The van der Waals surface area contributed by atoms with E-state index in [0.717, 1.165) is 11.0 Å². The Morgan fingerprint density at radius 2 is 1.55 bits per heavy atom. The van der Waals surface area contributed by atoms with Gasteiger partial charge in [0.2, 0.25) is 0 Å². The van der Waals surface area contributed by atoms with Gasteiger partial charge in [0.15, 0.2) is 0 Å². The van der Waals surface area contributed by atoms with E-state index in [9.17, 15) is 0 Å². The third kappa shape index (κ3) is 7.44. The first-order valence-electron chi connectivity index (χ1n) is 8.26. The lowest BCUT2D eigenvalue weighted by molar-refractivity contribution is 0.466. The molecule has 0 aliphatic heterocycles. The molecular formula is C18H30BrN. The molecular weight excluding hydrogens is 310 g/mol. The van der Waals surface area contributed by atoms with Crippen molar-refractivity contribution in [2.45, 2.75) is 71.3 Å². The standard InChI is InChI=1S/C18H30BrN/c1-3-5-6-7-8-9-10-18(20-15-4-2)16-11-13-17(19)14-12-16/h11-14,18,20H,3-10,15H2,1-2H3. The molecule has 0 heterocycles. The normalized spacial score (nSPS) is 12.6. The fraction of sp³-hybridized carbons (Fsp3) is 0.667. The van der Waals surface area contributed by atoms with E-state index in [1.807, 2.05) is 0 Å². The largest absolute Gasteiger partial charge is 0.310 e. The zero-order chi connectivity index (χ0) is 14.6. The molecule has 1 aromatic rings. The number of nitrogens with one attached hydrogen (secondary N) is 1. The van der Waals surface area contributed by atoms with Gasteiger partial charge in [0, 0.05) is 10.5 Å². The summed E-state index contributed by atoms with van der Waals surface area (Å²) < 4.78 is 1.16. The Hall–Kier alpha value is -0.340.